The maximum atomic E-state index is 11.7. The van der Waals surface area contributed by atoms with Crippen molar-refractivity contribution in [3.05, 3.63) is 0 Å². The van der Waals surface area contributed by atoms with Gasteiger partial charge in [0.15, 0.2) is 0 Å². The number of hydrogen-bond acceptors (Lipinski definition) is 4. The number of aliphatic carboxylic acids is 1. The Morgan fingerprint density at radius 2 is 2.00 bits per heavy atom. The zero-order valence-electron chi connectivity index (χ0n) is 11.9. The Hall–Kier alpha value is -1.14. The Morgan fingerprint density at radius 1 is 1.32 bits per heavy atom. The van der Waals surface area contributed by atoms with Gasteiger partial charge in [0.2, 0.25) is 5.91 Å². The Kier molecular flexibility index (Phi) is 10.1. The summed E-state index contributed by atoms with van der Waals surface area (Å²) in [5, 5.41) is 20.5. The summed E-state index contributed by atoms with van der Waals surface area (Å²) in [6, 6.07) is 0. The molecular formula is C13H26N2O4. The molecule has 1 amide bonds. The highest BCUT2D eigenvalue weighted by Gasteiger charge is 2.17. The number of unbranched alkanes of at least 4 members (excludes halogenated alkanes) is 1. The highest BCUT2D eigenvalue weighted by Crippen LogP contribution is 2.01. The van der Waals surface area contributed by atoms with E-state index in [9.17, 15) is 9.59 Å². The van der Waals surface area contributed by atoms with E-state index in [1.165, 1.54) is 0 Å². The molecule has 0 aliphatic heterocycles. The van der Waals surface area contributed by atoms with Crippen LogP contribution in [0.4, 0.5) is 0 Å². The number of aliphatic hydroxyl groups excluding tert-OH is 1. The quantitative estimate of drug-likeness (QED) is 0.472. The molecule has 0 aromatic rings. The molecule has 0 fully saturated rings. The SMILES string of the molecule is CCCCNC(=O)CN(CCCO)CC(C)C(=O)O. The third-order valence-corrected chi connectivity index (χ3v) is 2.81. The molecule has 112 valence electrons. The number of rotatable bonds is 11. The summed E-state index contributed by atoms with van der Waals surface area (Å²) >= 11 is 0. The monoisotopic (exact) mass is 274 g/mol. The van der Waals surface area contributed by atoms with E-state index < -0.39 is 11.9 Å². The van der Waals surface area contributed by atoms with Crippen molar-refractivity contribution in [2.24, 2.45) is 5.92 Å². The molecule has 1 unspecified atom stereocenters. The van der Waals surface area contributed by atoms with Gasteiger partial charge in [-0.15, -0.1) is 0 Å². The molecule has 0 aromatic carbocycles. The van der Waals surface area contributed by atoms with Gasteiger partial charge in [-0.05, 0) is 12.8 Å². The number of carboxylic acid groups (broad SMARTS) is 1. The Morgan fingerprint density at radius 3 is 2.53 bits per heavy atom. The van der Waals surface area contributed by atoms with Gasteiger partial charge >= 0.3 is 5.97 Å². The number of nitrogens with one attached hydrogen (secondary N) is 1. The van der Waals surface area contributed by atoms with Gasteiger partial charge in [0.25, 0.3) is 0 Å². The summed E-state index contributed by atoms with van der Waals surface area (Å²) in [7, 11) is 0. The second-order valence-corrected chi connectivity index (χ2v) is 4.76. The van der Waals surface area contributed by atoms with Gasteiger partial charge in [-0.3, -0.25) is 14.5 Å². The lowest BCUT2D eigenvalue weighted by molar-refractivity contribution is -0.142. The molecule has 0 saturated heterocycles. The molecule has 19 heavy (non-hydrogen) atoms. The lowest BCUT2D eigenvalue weighted by Gasteiger charge is -2.23. The second kappa shape index (κ2) is 10.8. The predicted octanol–water partition coefficient (Wildman–Crippen LogP) is 0.308. The van der Waals surface area contributed by atoms with Crippen LogP contribution in [0.25, 0.3) is 0 Å². The molecule has 1 atom stereocenters. The van der Waals surface area contributed by atoms with Crippen molar-refractivity contribution in [1.82, 2.24) is 10.2 Å². The molecule has 0 radical (unpaired) electrons. The van der Waals surface area contributed by atoms with E-state index >= 15 is 0 Å². The van der Waals surface area contributed by atoms with Crippen molar-refractivity contribution in [3.8, 4) is 0 Å². The van der Waals surface area contributed by atoms with Crippen LogP contribution in [0.5, 0.6) is 0 Å². The minimum Gasteiger partial charge on any atom is -0.481 e. The molecule has 0 aliphatic carbocycles. The molecule has 0 saturated carbocycles. The lowest BCUT2D eigenvalue weighted by atomic mass is 10.1. The Bertz CT molecular complexity index is 271. The van der Waals surface area contributed by atoms with Crippen LogP contribution in [0, 0.1) is 5.92 Å². The maximum Gasteiger partial charge on any atom is 0.307 e. The van der Waals surface area contributed by atoms with Crippen LogP contribution in [0.3, 0.4) is 0 Å². The number of hydrogen-bond donors (Lipinski definition) is 3. The Balaban J connectivity index is 4.17. The van der Waals surface area contributed by atoms with Crippen molar-refractivity contribution in [2.75, 3.05) is 32.8 Å². The van der Waals surface area contributed by atoms with Gasteiger partial charge in [0.05, 0.1) is 12.5 Å². The third kappa shape index (κ3) is 9.44. The minimum atomic E-state index is -0.875. The number of amides is 1. The van der Waals surface area contributed by atoms with Crippen LogP contribution in [0.15, 0.2) is 0 Å². The van der Waals surface area contributed by atoms with E-state index in [1.54, 1.807) is 11.8 Å². The van der Waals surface area contributed by atoms with Crippen molar-refractivity contribution in [2.45, 2.75) is 33.1 Å². The van der Waals surface area contributed by atoms with Crippen molar-refractivity contribution in [1.29, 1.82) is 0 Å². The van der Waals surface area contributed by atoms with Gasteiger partial charge < -0.3 is 15.5 Å². The van der Waals surface area contributed by atoms with Crippen LogP contribution >= 0.6 is 0 Å². The third-order valence-electron chi connectivity index (χ3n) is 2.81. The fourth-order valence-electron chi connectivity index (χ4n) is 1.66. The average molecular weight is 274 g/mol. The van der Waals surface area contributed by atoms with Gasteiger partial charge in [-0.1, -0.05) is 20.3 Å². The first kappa shape index (κ1) is 17.9. The van der Waals surface area contributed by atoms with Crippen LogP contribution in [0.1, 0.15) is 33.1 Å². The fourth-order valence-corrected chi connectivity index (χ4v) is 1.66. The molecular weight excluding hydrogens is 248 g/mol. The van der Waals surface area contributed by atoms with E-state index in [4.69, 9.17) is 10.2 Å². The number of carboxylic acids is 1. The lowest BCUT2D eigenvalue weighted by Crippen LogP contribution is -2.41. The second-order valence-electron chi connectivity index (χ2n) is 4.76. The first-order valence-corrected chi connectivity index (χ1v) is 6.84. The maximum absolute atomic E-state index is 11.7. The molecule has 0 spiro atoms. The highest BCUT2D eigenvalue weighted by molar-refractivity contribution is 5.78. The molecule has 0 aromatic heterocycles. The van der Waals surface area contributed by atoms with E-state index in [2.05, 4.69) is 5.32 Å². The van der Waals surface area contributed by atoms with Crippen molar-refractivity contribution in [3.63, 3.8) is 0 Å². The summed E-state index contributed by atoms with van der Waals surface area (Å²) in [6.07, 6.45) is 2.49. The summed E-state index contributed by atoms with van der Waals surface area (Å²) in [6.45, 7) is 5.37. The first-order valence-electron chi connectivity index (χ1n) is 6.84. The number of carbonyl (C=O) groups excluding carboxylic acids is 1. The summed E-state index contributed by atoms with van der Waals surface area (Å²) in [4.78, 5) is 24.3. The normalized spacial score (nSPS) is 12.4. The zero-order chi connectivity index (χ0) is 14.7. The van der Waals surface area contributed by atoms with E-state index in [0.717, 1.165) is 12.8 Å². The smallest absolute Gasteiger partial charge is 0.307 e. The number of aliphatic hydroxyl groups is 1. The van der Waals surface area contributed by atoms with E-state index in [0.29, 0.717) is 26.1 Å². The molecule has 0 rings (SSSR count). The molecule has 6 heteroatoms. The van der Waals surface area contributed by atoms with Crippen LogP contribution in [-0.2, 0) is 9.59 Å². The van der Waals surface area contributed by atoms with Gasteiger partial charge in [-0.25, -0.2) is 0 Å². The topological polar surface area (TPSA) is 89.9 Å². The van der Waals surface area contributed by atoms with Crippen LogP contribution in [-0.4, -0.2) is 59.8 Å². The standard InChI is InChI=1S/C13H26N2O4/c1-3-4-6-14-12(17)10-15(7-5-8-16)9-11(2)13(18)19/h11,16H,3-10H2,1-2H3,(H,14,17)(H,18,19). The first-order chi connectivity index (χ1) is 9.01. The van der Waals surface area contributed by atoms with Crippen molar-refractivity contribution >= 4 is 11.9 Å². The minimum absolute atomic E-state index is 0.0371. The van der Waals surface area contributed by atoms with E-state index in [1.807, 2.05) is 6.92 Å². The average Bonchev–Trinajstić information content (AvgIpc) is 2.36. The molecule has 0 heterocycles. The summed E-state index contributed by atoms with van der Waals surface area (Å²) in [5.74, 6) is -1.49. The number of nitrogens with zero attached hydrogens (tertiary/aromatic N) is 1. The Labute approximate surface area is 114 Å². The predicted molar refractivity (Wildman–Crippen MR) is 72.9 cm³/mol. The molecule has 0 bridgehead atoms. The van der Waals surface area contributed by atoms with Gasteiger partial charge in [0.1, 0.15) is 0 Å². The molecule has 0 aliphatic rings. The molecule has 6 nitrogen and oxygen atoms in total. The summed E-state index contributed by atoms with van der Waals surface area (Å²) < 4.78 is 0. The van der Waals surface area contributed by atoms with E-state index in [-0.39, 0.29) is 19.1 Å². The van der Waals surface area contributed by atoms with Crippen LogP contribution in [0.2, 0.25) is 0 Å². The van der Waals surface area contributed by atoms with Gasteiger partial charge in [-0.2, -0.15) is 0 Å². The zero-order valence-corrected chi connectivity index (χ0v) is 11.9. The largest absolute Gasteiger partial charge is 0.481 e. The fraction of sp³-hybridized carbons (Fsp3) is 0.846. The summed E-state index contributed by atoms with van der Waals surface area (Å²) in [5.41, 5.74) is 0. The van der Waals surface area contributed by atoms with Crippen molar-refractivity contribution < 1.29 is 19.8 Å². The van der Waals surface area contributed by atoms with Gasteiger partial charge in [0, 0.05) is 26.2 Å². The molecule has 3 N–H and O–H groups in total. The van der Waals surface area contributed by atoms with Crippen LogP contribution < -0.4 is 5.32 Å². The highest BCUT2D eigenvalue weighted by atomic mass is 16.4. The number of carbonyl (C=O) groups is 2.